The third-order valence-corrected chi connectivity index (χ3v) is 4.78. The van der Waals surface area contributed by atoms with E-state index in [0.29, 0.717) is 29.7 Å². The average molecular weight is 350 g/mol. The fourth-order valence-electron chi connectivity index (χ4n) is 2.73. The van der Waals surface area contributed by atoms with E-state index in [-0.39, 0.29) is 12.0 Å². The van der Waals surface area contributed by atoms with Crippen LogP contribution in [0, 0.1) is 6.92 Å². The second-order valence-electron chi connectivity index (χ2n) is 5.60. The Hall–Kier alpha value is -1.55. The summed E-state index contributed by atoms with van der Waals surface area (Å²) in [5.41, 5.74) is 2.65. The molecule has 0 bridgehead atoms. The summed E-state index contributed by atoms with van der Waals surface area (Å²) in [6, 6.07) is 13.1. The van der Waals surface area contributed by atoms with Gasteiger partial charge in [-0.2, -0.15) is 0 Å². The molecule has 1 amide bonds. The van der Waals surface area contributed by atoms with Crippen molar-refractivity contribution in [3.8, 4) is 0 Å². The van der Waals surface area contributed by atoms with Crippen molar-refractivity contribution < 1.29 is 9.53 Å². The van der Waals surface area contributed by atoms with E-state index in [4.69, 9.17) is 27.9 Å². The van der Waals surface area contributed by atoms with Crippen LogP contribution in [-0.2, 0) is 4.74 Å². The Bertz CT molecular complexity index is 733. The fraction of sp³-hybridized carbons (Fsp3) is 0.278. The molecule has 3 rings (SSSR count). The first-order valence-corrected chi connectivity index (χ1v) is 8.23. The molecule has 2 aromatic carbocycles. The molecule has 0 aromatic heterocycles. The maximum Gasteiger partial charge on any atom is 0.254 e. The molecule has 1 aliphatic rings. The highest BCUT2D eigenvalue weighted by Gasteiger charge is 2.27. The van der Waals surface area contributed by atoms with Crippen LogP contribution in [0.2, 0.25) is 10.0 Å². The molecule has 1 unspecified atom stereocenters. The zero-order chi connectivity index (χ0) is 16.4. The zero-order valence-electron chi connectivity index (χ0n) is 12.8. The van der Waals surface area contributed by atoms with Gasteiger partial charge in [0.25, 0.3) is 5.91 Å². The van der Waals surface area contributed by atoms with Crippen LogP contribution in [0.5, 0.6) is 0 Å². The standard InChI is InChI=1S/C18H17Cl2NO2/c1-12-4-2-3-5-14(12)18(22)21-8-9-23-17(11-21)13-6-7-15(19)16(20)10-13/h2-7,10,17H,8-9,11H2,1H3. The molecule has 120 valence electrons. The number of benzene rings is 2. The lowest BCUT2D eigenvalue weighted by Gasteiger charge is -2.33. The van der Waals surface area contributed by atoms with Crippen LogP contribution < -0.4 is 0 Å². The molecule has 1 aliphatic heterocycles. The number of hydrogen-bond donors (Lipinski definition) is 0. The summed E-state index contributed by atoms with van der Waals surface area (Å²) in [4.78, 5) is 14.6. The van der Waals surface area contributed by atoms with Gasteiger partial charge in [-0.15, -0.1) is 0 Å². The number of rotatable bonds is 2. The summed E-state index contributed by atoms with van der Waals surface area (Å²) >= 11 is 12.0. The SMILES string of the molecule is Cc1ccccc1C(=O)N1CCOC(c2ccc(Cl)c(Cl)c2)C1. The van der Waals surface area contributed by atoms with Crippen molar-refractivity contribution in [3.05, 3.63) is 69.2 Å². The van der Waals surface area contributed by atoms with Gasteiger partial charge in [0, 0.05) is 12.1 Å². The summed E-state index contributed by atoms with van der Waals surface area (Å²) < 4.78 is 5.81. The number of carbonyl (C=O) groups excluding carboxylic acids is 1. The molecular formula is C18H17Cl2NO2. The van der Waals surface area contributed by atoms with E-state index >= 15 is 0 Å². The number of aryl methyl sites for hydroxylation is 1. The van der Waals surface area contributed by atoms with E-state index in [1.165, 1.54) is 0 Å². The van der Waals surface area contributed by atoms with Crippen LogP contribution in [-0.4, -0.2) is 30.5 Å². The van der Waals surface area contributed by atoms with Crippen LogP contribution in [0.4, 0.5) is 0 Å². The molecule has 1 saturated heterocycles. The summed E-state index contributed by atoms with van der Waals surface area (Å²) in [6.45, 7) is 3.54. The van der Waals surface area contributed by atoms with Gasteiger partial charge in [0.15, 0.2) is 0 Å². The van der Waals surface area contributed by atoms with Crippen molar-refractivity contribution in [2.24, 2.45) is 0 Å². The summed E-state index contributed by atoms with van der Waals surface area (Å²) in [5, 5.41) is 1.01. The van der Waals surface area contributed by atoms with Crippen molar-refractivity contribution in [2.75, 3.05) is 19.7 Å². The molecule has 0 saturated carbocycles. The third-order valence-electron chi connectivity index (χ3n) is 4.04. The molecular weight excluding hydrogens is 333 g/mol. The monoisotopic (exact) mass is 349 g/mol. The molecule has 0 spiro atoms. The Morgan fingerprint density at radius 3 is 2.70 bits per heavy atom. The van der Waals surface area contributed by atoms with Crippen LogP contribution in [0.15, 0.2) is 42.5 Å². The maximum absolute atomic E-state index is 12.7. The molecule has 1 heterocycles. The zero-order valence-corrected chi connectivity index (χ0v) is 14.3. The number of halogens is 2. The van der Waals surface area contributed by atoms with Crippen LogP contribution in [0.3, 0.4) is 0 Å². The Morgan fingerprint density at radius 2 is 1.96 bits per heavy atom. The second-order valence-corrected chi connectivity index (χ2v) is 6.41. The van der Waals surface area contributed by atoms with Gasteiger partial charge >= 0.3 is 0 Å². The summed E-state index contributed by atoms with van der Waals surface area (Å²) in [7, 11) is 0. The third kappa shape index (κ3) is 3.52. The van der Waals surface area contributed by atoms with E-state index in [2.05, 4.69) is 0 Å². The van der Waals surface area contributed by atoms with Gasteiger partial charge in [0.1, 0.15) is 6.10 Å². The smallest absolute Gasteiger partial charge is 0.254 e. The minimum absolute atomic E-state index is 0.0384. The van der Waals surface area contributed by atoms with Gasteiger partial charge in [0.05, 0.1) is 23.2 Å². The molecule has 3 nitrogen and oxygen atoms in total. The first-order valence-electron chi connectivity index (χ1n) is 7.47. The number of nitrogens with zero attached hydrogens (tertiary/aromatic N) is 1. The Morgan fingerprint density at radius 1 is 1.17 bits per heavy atom. The highest BCUT2D eigenvalue weighted by Crippen LogP contribution is 2.29. The van der Waals surface area contributed by atoms with E-state index in [0.717, 1.165) is 16.7 Å². The van der Waals surface area contributed by atoms with Crippen LogP contribution in [0.1, 0.15) is 27.6 Å². The molecule has 5 heteroatoms. The van der Waals surface area contributed by atoms with Gasteiger partial charge in [-0.25, -0.2) is 0 Å². The van der Waals surface area contributed by atoms with Crippen molar-refractivity contribution in [1.82, 2.24) is 4.90 Å². The molecule has 0 N–H and O–H groups in total. The topological polar surface area (TPSA) is 29.5 Å². The number of amides is 1. The number of hydrogen-bond acceptors (Lipinski definition) is 2. The second kappa shape index (κ2) is 6.91. The molecule has 0 radical (unpaired) electrons. The van der Waals surface area contributed by atoms with Crippen molar-refractivity contribution in [2.45, 2.75) is 13.0 Å². The largest absolute Gasteiger partial charge is 0.370 e. The predicted octanol–water partition coefficient (Wildman–Crippen LogP) is 4.52. The summed E-state index contributed by atoms with van der Waals surface area (Å²) in [6.07, 6.45) is -0.188. The van der Waals surface area contributed by atoms with E-state index in [1.807, 2.05) is 42.2 Å². The predicted molar refractivity (Wildman–Crippen MR) is 92.2 cm³/mol. The van der Waals surface area contributed by atoms with Crippen molar-refractivity contribution >= 4 is 29.1 Å². The van der Waals surface area contributed by atoms with E-state index < -0.39 is 0 Å². The van der Waals surface area contributed by atoms with E-state index in [1.54, 1.807) is 12.1 Å². The van der Waals surface area contributed by atoms with Crippen molar-refractivity contribution in [3.63, 3.8) is 0 Å². The molecule has 1 fully saturated rings. The molecule has 0 aliphatic carbocycles. The van der Waals surface area contributed by atoms with E-state index in [9.17, 15) is 4.79 Å². The van der Waals surface area contributed by atoms with Gasteiger partial charge in [0.2, 0.25) is 0 Å². The number of ether oxygens (including phenoxy) is 1. The van der Waals surface area contributed by atoms with Gasteiger partial charge in [-0.3, -0.25) is 4.79 Å². The number of morpholine rings is 1. The first-order chi connectivity index (χ1) is 11.1. The molecule has 1 atom stereocenters. The van der Waals surface area contributed by atoms with Crippen LogP contribution in [0.25, 0.3) is 0 Å². The van der Waals surface area contributed by atoms with Crippen molar-refractivity contribution in [1.29, 1.82) is 0 Å². The van der Waals surface area contributed by atoms with Crippen LogP contribution >= 0.6 is 23.2 Å². The fourth-order valence-corrected chi connectivity index (χ4v) is 3.04. The lowest BCUT2D eigenvalue weighted by Crippen LogP contribution is -2.42. The Balaban J connectivity index is 1.79. The van der Waals surface area contributed by atoms with Gasteiger partial charge in [-0.05, 0) is 36.2 Å². The summed E-state index contributed by atoms with van der Waals surface area (Å²) in [5.74, 6) is 0.0384. The maximum atomic E-state index is 12.7. The lowest BCUT2D eigenvalue weighted by atomic mass is 10.0. The average Bonchev–Trinajstić information content (AvgIpc) is 2.57. The Labute approximate surface area is 145 Å². The number of carbonyl (C=O) groups is 1. The lowest BCUT2D eigenvalue weighted by molar-refractivity contribution is -0.0228. The Kier molecular flexibility index (Phi) is 4.90. The molecule has 23 heavy (non-hydrogen) atoms. The van der Waals surface area contributed by atoms with Gasteiger partial charge < -0.3 is 9.64 Å². The minimum atomic E-state index is -0.188. The van der Waals surface area contributed by atoms with Gasteiger partial charge in [-0.1, -0.05) is 47.5 Å². The highest BCUT2D eigenvalue weighted by molar-refractivity contribution is 6.42. The quantitative estimate of drug-likeness (QED) is 0.797. The minimum Gasteiger partial charge on any atom is -0.370 e. The molecule has 2 aromatic rings. The highest BCUT2D eigenvalue weighted by atomic mass is 35.5. The first kappa shape index (κ1) is 16.3. The normalized spacial score (nSPS) is 18.0.